The van der Waals surface area contributed by atoms with Gasteiger partial charge in [-0.2, -0.15) is 0 Å². The summed E-state index contributed by atoms with van der Waals surface area (Å²) < 4.78 is 22.7. The molecule has 0 radical (unpaired) electrons. The van der Waals surface area contributed by atoms with E-state index in [1.807, 2.05) is 6.26 Å². The standard InChI is InChI=1S/C9H17N5O2S2/c1-3-18(15,16)5-4-11-7-6-8(14-10)13-9(12-7)17-2/h6H,3-5,10H2,1-2H3,(H2,11,12,13,14). The largest absolute Gasteiger partial charge is 0.369 e. The van der Waals surface area contributed by atoms with Crippen molar-refractivity contribution in [3.05, 3.63) is 6.07 Å². The highest BCUT2D eigenvalue weighted by Gasteiger charge is 2.08. The van der Waals surface area contributed by atoms with E-state index in [2.05, 4.69) is 20.7 Å². The molecule has 0 unspecified atom stereocenters. The monoisotopic (exact) mass is 291 g/mol. The van der Waals surface area contributed by atoms with Gasteiger partial charge in [-0.1, -0.05) is 18.7 Å². The number of anilines is 2. The number of hydrogen-bond acceptors (Lipinski definition) is 8. The van der Waals surface area contributed by atoms with Crippen molar-refractivity contribution in [3.63, 3.8) is 0 Å². The molecule has 0 amide bonds. The van der Waals surface area contributed by atoms with Gasteiger partial charge in [0, 0.05) is 18.4 Å². The molecule has 0 saturated heterocycles. The maximum absolute atomic E-state index is 11.3. The minimum atomic E-state index is -2.97. The minimum absolute atomic E-state index is 0.0769. The lowest BCUT2D eigenvalue weighted by atomic mass is 10.5. The van der Waals surface area contributed by atoms with E-state index in [0.29, 0.717) is 23.3 Å². The van der Waals surface area contributed by atoms with Gasteiger partial charge in [0.05, 0.1) is 5.75 Å². The minimum Gasteiger partial charge on any atom is -0.369 e. The molecule has 0 spiro atoms. The highest BCUT2D eigenvalue weighted by Crippen LogP contribution is 2.16. The Morgan fingerprint density at radius 3 is 2.61 bits per heavy atom. The molecule has 18 heavy (non-hydrogen) atoms. The third kappa shape index (κ3) is 4.67. The first-order chi connectivity index (χ1) is 8.50. The van der Waals surface area contributed by atoms with Crippen LogP contribution in [0, 0.1) is 0 Å². The third-order valence-electron chi connectivity index (χ3n) is 2.20. The zero-order valence-electron chi connectivity index (χ0n) is 10.3. The Hall–Kier alpha value is -1.06. The summed E-state index contributed by atoms with van der Waals surface area (Å²) in [5.74, 6) is 6.54. The fraction of sp³-hybridized carbons (Fsp3) is 0.556. The van der Waals surface area contributed by atoms with Crippen molar-refractivity contribution in [2.75, 3.05) is 35.0 Å². The fourth-order valence-corrected chi connectivity index (χ4v) is 2.24. The number of nitrogen functional groups attached to an aromatic ring is 1. The first-order valence-corrected chi connectivity index (χ1v) is 8.39. The summed E-state index contributed by atoms with van der Waals surface area (Å²) in [5, 5.41) is 3.51. The summed E-state index contributed by atoms with van der Waals surface area (Å²) in [6.07, 6.45) is 1.85. The number of rotatable bonds is 7. The van der Waals surface area contributed by atoms with Gasteiger partial charge in [-0.05, 0) is 6.26 Å². The number of nitrogens with one attached hydrogen (secondary N) is 2. The average molecular weight is 291 g/mol. The smallest absolute Gasteiger partial charge is 0.191 e. The topological polar surface area (TPSA) is 110 Å². The van der Waals surface area contributed by atoms with Crippen LogP contribution in [-0.4, -0.2) is 42.7 Å². The second-order valence-electron chi connectivity index (χ2n) is 3.43. The normalized spacial score (nSPS) is 11.3. The average Bonchev–Trinajstić information content (AvgIpc) is 2.38. The van der Waals surface area contributed by atoms with Crippen LogP contribution in [0.25, 0.3) is 0 Å². The Kier molecular flexibility index (Phi) is 5.63. The maximum atomic E-state index is 11.3. The van der Waals surface area contributed by atoms with E-state index in [9.17, 15) is 8.42 Å². The highest BCUT2D eigenvalue weighted by atomic mass is 32.2. The van der Waals surface area contributed by atoms with Crippen molar-refractivity contribution in [1.82, 2.24) is 9.97 Å². The Morgan fingerprint density at radius 2 is 2.06 bits per heavy atom. The lowest BCUT2D eigenvalue weighted by Gasteiger charge is -2.08. The van der Waals surface area contributed by atoms with Crippen LogP contribution in [0.4, 0.5) is 11.6 Å². The van der Waals surface area contributed by atoms with Gasteiger partial charge in [-0.25, -0.2) is 24.2 Å². The summed E-state index contributed by atoms with van der Waals surface area (Å²) >= 11 is 1.38. The predicted molar refractivity (Wildman–Crippen MR) is 74.4 cm³/mol. The number of sulfone groups is 1. The molecule has 7 nitrogen and oxygen atoms in total. The van der Waals surface area contributed by atoms with Crippen LogP contribution in [-0.2, 0) is 9.84 Å². The zero-order chi connectivity index (χ0) is 13.6. The number of nitrogens with zero attached hydrogens (tertiary/aromatic N) is 2. The van der Waals surface area contributed by atoms with Gasteiger partial charge in [0.1, 0.15) is 11.6 Å². The van der Waals surface area contributed by atoms with Crippen molar-refractivity contribution in [3.8, 4) is 0 Å². The van der Waals surface area contributed by atoms with Crippen LogP contribution in [0.3, 0.4) is 0 Å². The quantitative estimate of drug-likeness (QED) is 0.285. The summed E-state index contributed by atoms with van der Waals surface area (Å²) in [6, 6.07) is 1.62. The molecule has 0 aromatic carbocycles. The molecule has 4 N–H and O–H groups in total. The third-order valence-corrected chi connectivity index (χ3v) is 4.45. The van der Waals surface area contributed by atoms with Crippen LogP contribution in [0.15, 0.2) is 11.2 Å². The Bertz CT molecular complexity index is 469. The van der Waals surface area contributed by atoms with E-state index >= 15 is 0 Å². The molecule has 1 aromatic heterocycles. The zero-order valence-corrected chi connectivity index (χ0v) is 11.9. The van der Waals surface area contributed by atoms with Crippen LogP contribution < -0.4 is 16.6 Å². The van der Waals surface area contributed by atoms with Crippen LogP contribution in [0.5, 0.6) is 0 Å². The first kappa shape index (κ1) is 15.0. The van der Waals surface area contributed by atoms with Gasteiger partial charge in [0.2, 0.25) is 0 Å². The lowest BCUT2D eigenvalue weighted by molar-refractivity contribution is 0.597. The van der Waals surface area contributed by atoms with Gasteiger partial charge < -0.3 is 10.7 Å². The van der Waals surface area contributed by atoms with Crippen molar-refractivity contribution in [1.29, 1.82) is 0 Å². The molecule has 1 aromatic rings. The van der Waals surface area contributed by atoms with Crippen molar-refractivity contribution in [2.24, 2.45) is 5.84 Å². The van der Waals surface area contributed by atoms with Crippen LogP contribution in [0.2, 0.25) is 0 Å². The maximum Gasteiger partial charge on any atom is 0.191 e. The number of thioether (sulfide) groups is 1. The van der Waals surface area contributed by atoms with Crippen LogP contribution >= 0.6 is 11.8 Å². The number of hydrazine groups is 1. The molecule has 0 fully saturated rings. The number of nitrogens with two attached hydrogens (primary N) is 1. The molecule has 0 saturated carbocycles. The van der Waals surface area contributed by atoms with Gasteiger partial charge in [0.15, 0.2) is 15.0 Å². The van der Waals surface area contributed by atoms with Gasteiger partial charge in [-0.15, -0.1) is 0 Å². The predicted octanol–water partition coefficient (Wildman–Crippen LogP) is 0.331. The van der Waals surface area contributed by atoms with E-state index in [4.69, 9.17) is 5.84 Å². The summed E-state index contributed by atoms with van der Waals surface area (Å²) in [7, 11) is -2.97. The fourth-order valence-electron chi connectivity index (χ4n) is 1.16. The molecule has 0 bridgehead atoms. The highest BCUT2D eigenvalue weighted by molar-refractivity contribution is 7.98. The molecule has 1 rings (SSSR count). The summed E-state index contributed by atoms with van der Waals surface area (Å²) in [5.41, 5.74) is 2.44. The molecular formula is C9H17N5O2S2. The van der Waals surface area contributed by atoms with Crippen molar-refractivity contribution in [2.45, 2.75) is 12.1 Å². The molecule has 9 heteroatoms. The second-order valence-corrected chi connectivity index (χ2v) is 6.68. The van der Waals surface area contributed by atoms with E-state index in [1.165, 1.54) is 11.8 Å². The summed E-state index contributed by atoms with van der Waals surface area (Å²) in [4.78, 5) is 8.30. The Labute approximate surface area is 111 Å². The Morgan fingerprint density at radius 1 is 1.39 bits per heavy atom. The lowest BCUT2D eigenvalue weighted by Crippen LogP contribution is -2.18. The Balaban J connectivity index is 2.67. The van der Waals surface area contributed by atoms with Crippen molar-refractivity contribution < 1.29 is 8.42 Å². The van der Waals surface area contributed by atoms with Crippen molar-refractivity contribution >= 4 is 33.2 Å². The summed E-state index contributed by atoms with van der Waals surface area (Å²) in [6.45, 7) is 1.94. The van der Waals surface area contributed by atoms with Gasteiger partial charge >= 0.3 is 0 Å². The molecule has 0 atom stereocenters. The molecule has 0 aliphatic carbocycles. The second kappa shape index (κ2) is 6.76. The molecule has 0 aliphatic rings. The van der Waals surface area contributed by atoms with Gasteiger partial charge in [0.25, 0.3) is 0 Å². The molecule has 0 aliphatic heterocycles. The van der Waals surface area contributed by atoms with E-state index in [1.54, 1.807) is 13.0 Å². The molecule has 102 valence electrons. The SMILES string of the molecule is CCS(=O)(=O)CCNc1cc(NN)nc(SC)n1. The number of hydrogen-bond donors (Lipinski definition) is 3. The van der Waals surface area contributed by atoms with Crippen LogP contribution in [0.1, 0.15) is 6.92 Å². The molecule has 1 heterocycles. The number of aromatic nitrogens is 2. The van der Waals surface area contributed by atoms with E-state index in [0.717, 1.165) is 0 Å². The van der Waals surface area contributed by atoms with E-state index in [-0.39, 0.29) is 11.5 Å². The van der Waals surface area contributed by atoms with Gasteiger partial charge in [-0.3, -0.25) is 0 Å². The first-order valence-electron chi connectivity index (χ1n) is 5.34. The van der Waals surface area contributed by atoms with E-state index < -0.39 is 9.84 Å². The molecular weight excluding hydrogens is 274 g/mol.